The van der Waals surface area contributed by atoms with Crippen molar-refractivity contribution in [1.82, 2.24) is 10.2 Å². The summed E-state index contributed by atoms with van der Waals surface area (Å²) in [5, 5.41) is 2.42. The first-order valence-electron chi connectivity index (χ1n) is 7.67. The number of aryl methyl sites for hydroxylation is 1. The van der Waals surface area contributed by atoms with Crippen LogP contribution in [-0.4, -0.2) is 50.0 Å². The standard InChI is InChI=1S/C16H22F6N2/c1-24(12-15(17,18)19)11-5-10-23-14(16(20,21)22)9-8-13-6-3-2-4-7-13/h2-4,6-7,14,23H,5,8-12H2,1H3/t14-/m1/s1. The molecule has 0 fully saturated rings. The molecule has 0 amide bonds. The fourth-order valence-electron chi connectivity index (χ4n) is 2.35. The number of benzene rings is 1. The van der Waals surface area contributed by atoms with Crippen molar-refractivity contribution in [3.63, 3.8) is 0 Å². The van der Waals surface area contributed by atoms with E-state index in [2.05, 4.69) is 5.32 Å². The zero-order valence-corrected chi connectivity index (χ0v) is 13.4. The highest BCUT2D eigenvalue weighted by Crippen LogP contribution is 2.24. The van der Waals surface area contributed by atoms with Crippen LogP contribution in [0.2, 0.25) is 0 Å². The minimum absolute atomic E-state index is 0.0150. The molecule has 1 N–H and O–H groups in total. The van der Waals surface area contributed by atoms with E-state index in [1.807, 2.05) is 0 Å². The molecule has 1 rings (SSSR count). The quantitative estimate of drug-likeness (QED) is 0.531. The van der Waals surface area contributed by atoms with Crippen LogP contribution >= 0.6 is 0 Å². The summed E-state index contributed by atoms with van der Waals surface area (Å²) in [6.07, 6.45) is -8.29. The Morgan fingerprint density at radius 1 is 1.04 bits per heavy atom. The third-order valence-electron chi connectivity index (χ3n) is 3.52. The van der Waals surface area contributed by atoms with Gasteiger partial charge in [0.25, 0.3) is 0 Å². The molecule has 1 aromatic rings. The average Bonchev–Trinajstić information content (AvgIpc) is 2.44. The molecule has 8 heteroatoms. The molecular formula is C16H22F6N2. The molecule has 0 aliphatic rings. The third kappa shape index (κ3) is 9.12. The highest BCUT2D eigenvalue weighted by atomic mass is 19.4. The zero-order valence-electron chi connectivity index (χ0n) is 13.4. The van der Waals surface area contributed by atoms with Gasteiger partial charge in [-0.25, -0.2) is 0 Å². The van der Waals surface area contributed by atoms with Gasteiger partial charge in [-0.05, 0) is 45.0 Å². The molecule has 138 valence electrons. The number of nitrogens with zero attached hydrogens (tertiary/aromatic N) is 1. The maximum Gasteiger partial charge on any atom is 0.403 e. The summed E-state index contributed by atoms with van der Waals surface area (Å²) in [5.74, 6) is 0. The van der Waals surface area contributed by atoms with Crippen molar-refractivity contribution in [2.24, 2.45) is 0 Å². The molecule has 24 heavy (non-hydrogen) atoms. The van der Waals surface area contributed by atoms with Crippen molar-refractivity contribution in [3.05, 3.63) is 35.9 Å². The summed E-state index contributed by atoms with van der Waals surface area (Å²) < 4.78 is 75.5. The molecule has 0 aromatic heterocycles. The second-order valence-corrected chi connectivity index (χ2v) is 5.78. The lowest BCUT2D eigenvalue weighted by Crippen LogP contribution is -2.43. The number of halogens is 6. The van der Waals surface area contributed by atoms with Gasteiger partial charge in [0.05, 0.1) is 6.54 Å². The smallest absolute Gasteiger partial charge is 0.306 e. The van der Waals surface area contributed by atoms with Crippen molar-refractivity contribution in [2.75, 3.05) is 26.7 Å². The molecule has 0 spiro atoms. The summed E-state index contributed by atoms with van der Waals surface area (Å²) in [7, 11) is 1.30. The first kappa shape index (κ1) is 20.8. The van der Waals surface area contributed by atoms with Gasteiger partial charge in [0.15, 0.2) is 0 Å². The van der Waals surface area contributed by atoms with Crippen molar-refractivity contribution >= 4 is 0 Å². The van der Waals surface area contributed by atoms with E-state index in [0.29, 0.717) is 0 Å². The van der Waals surface area contributed by atoms with E-state index < -0.39 is 24.9 Å². The van der Waals surface area contributed by atoms with Crippen molar-refractivity contribution in [2.45, 2.75) is 37.7 Å². The Hall–Kier alpha value is -1.28. The van der Waals surface area contributed by atoms with Crippen LogP contribution in [0.4, 0.5) is 26.3 Å². The van der Waals surface area contributed by atoms with Crippen LogP contribution in [0.3, 0.4) is 0 Å². The van der Waals surface area contributed by atoms with Gasteiger partial charge < -0.3 is 5.32 Å². The predicted molar refractivity (Wildman–Crippen MR) is 80.8 cm³/mol. The maximum absolute atomic E-state index is 13.0. The highest BCUT2D eigenvalue weighted by Gasteiger charge is 2.38. The van der Waals surface area contributed by atoms with Gasteiger partial charge in [0.1, 0.15) is 6.04 Å². The molecule has 0 unspecified atom stereocenters. The molecule has 2 nitrogen and oxygen atoms in total. The van der Waals surface area contributed by atoms with Gasteiger partial charge in [0.2, 0.25) is 0 Å². The fourth-order valence-corrected chi connectivity index (χ4v) is 2.35. The lowest BCUT2D eigenvalue weighted by molar-refractivity contribution is -0.157. The van der Waals surface area contributed by atoms with E-state index >= 15 is 0 Å². The lowest BCUT2D eigenvalue weighted by atomic mass is 10.0. The van der Waals surface area contributed by atoms with E-state index in [4.69, 9.17) is 0 Å². The van der Waals surface area contributed by atoms with E-state index in [1.54, 1.807) is 30.3 Å². The fraction of sp³-hybridized carbons (Fsp3) is 0.625. The van der Waals surface area contributed by atoms with Gasteiger partial charge >= 0.3 is 12.4 Å². The monoisotopic (exact) mass is 356 g/mol. The van der Waals surface area contributed by atoms with Gasteiger partial charge in [-0.15, -0.1) is 0 Å². The Labute approximate surface area is 137 Å². The van der Waals surface area contributed by atoms with Gasteiger partial charge in [0, 0.05) is 0 Å². The number of nitrogens with one attached hydrogen (secondary N) is 1. The summed E-state index contributed by atoms with van der Waals surface area (Å²) in [6.45, 7) is -0.972. The first-order chi connectivity index (χ1) is 11.1. The number of rotatable bonds is 9. The first-order valence-corrected chi connectivity index (χ1v) is 7.67. The van der Waals surface area contributed by atoms with Crippen molar-refractivity contribution < 1.29 is 26.3 Å². The second kappa shape index (κ2) is 9.27. The summed E-state index contributed by atoms with van der Waals surface area (Å²) in [6, 6.07) is 7.19. The molecule has 0 aliphatic carbocycles. The molecule has 0 saturated carbocycles. The van der Waals surface area contributed by atoms with Crippen molar-refractivity contribution in [3.8, 4) is 0 Å². The Morgan fingerprint density at radius 2 is 1.67 bits per heavy atom. The van der Waals surface area contributed by atoms with Crippen LogP contribution in [0.1, 0.15) is 18.4 Å². The molecule has 0 aliphatic heterocycles. The van der Waals surface area contributed by atoms with Crippen LogP contribution in [0, 0.1) is 0 Å². The minimum Gasteiger partial charge on any atom is -0.306 e. The molecule has 1 atom stereocenters. The topological polar surface area (TPSA) is 15.3 Å². The van der Waals surface area contributed by atoms with Crippen molar-refractivity contribution in [1.29, 1.82) is 0 Å². The Balaban J connectivity index is 2.36. The Morgan fingerprint density at radius 3 is 2.21 bits per heavy atom. The summed E-state index contributed by atoms with van der Waals surface area (Å²) in [4.78, 5) is 1.05. The SMILES string of the molecule is CN(CCCN[C@H](CCc1ccccc1)C(F)(F)F)CC(F)(F)F. The van der Waals surface area contributed by atoms with Crippen LogP contribution in [0.15, 0.2) is 30.3 Å². The number of hydrogen-bond acceptors (Lipinski definition) is 2. The summed E-state index contributed by atoms with van der Waals surface area (Å²) >= 11 is 0. The molecule has 1 aromatic carbocycles. The summed E-state index contributed by atoms with van der Waals surface area (Å²) in [5.41, 5.74) is 0.818. The number of alkyl halides is 6. The third-order valence-corrected chi connectivity index (χ3v) is 3.52. The maximum atomic E-state index is 13.0. The van der Waals surface area contributed by atoms with Gasteiger partial charge in [-0.3, -0.25) is 4.90 Å². The normalized spacial score (nSPS) is 14.2. The van der Waals surface area contributed by atoms with E-state index in [0.717, 1.165) is 10.5 Å². The van der Waals surface area contributed by atoms with Crippen LogP contribution < -0.4 is 5.32 Å². The number of hydrogen-bond donors (Lipinski definition) is 1. The highest BCUT2D eigenvalue weighted by molar-refractivity contribution is 5.14. The predicted octanol–water partition coefficient (Wildman–Crippen LogP) is 4.02. The molecule has 0 radical (unpaired) electrons. The van der Waals surface area contributed by atoms with Crippen LogP contribution in [0.5, 0.6) is 0 Å². The lowest BCUT2D eigenvalue weighted by Gasteiger charge is -2.23. The molecular weight excluding hydrogens is 334 g/mol. The largest absolute Gasteiger partial charge is 0.403 e. The minimum atomic E-state index is -4.38. The van der Waals surface area contributed by atoms with E-state index in [1.165, 1.54) is 7.05 Å². The van der Waals surface area contributed by atoms with E-state index in [-0.39, 0.29) is 32.4 Å². The average molecular weight is 356 g/mol. The molecule has 0 saturated heterocycles. The van der Waals surface area contributed by atoms with E-state index in [9.17, 15) is 26.3 Å². The van der Waals surface area contributed by atoms with Gasteiger partial charge in [-0.2, -0.15) is 26.3 Å². The molecule has 0 heterocycles. The van der Waals surface area contributed by atoms with Crippen LogP contribution in [-0.2, 0) is 6.42 Å². The van der Waals surface area contributed by atoms with Gasteiger partial charge in [-0.1, -0.05) is 30.3 Å². The Kier molecular flexibility index (Phi) is 8.02. The van der Waals surface area contributed by atoms with Crippen LogP contribution in [0.25, 0.3) is 0 Å². The molecule has 0 bridgehead atoms. The second-order valence-electron chi connectivity index (χ2n) is 5.78. The zero-order chi connectivity index (χ0) is 18.2. The Bertz CT molecular complexity index is 458.